The minimum Gasteiger partial charge on any atom is -0.493 e. The lowest BCUT2D eigenvalue weighted by atomic mass is 10.1. The van der Waals surface area contributed by atoms with Crippen molar-refractivity contribution < 1.29 is 9.53 Å². The average molecular weight is 490 g/mol. The molecule has 7 heteroatoms. The number of anilines is 1. The molecular weight excluding hydrogens is 450 g/mol. The fraction of sp³-hybridized carbons (Fsp3) is 0.483. The van der Waals surface area contributed by atoms with Crippen molar-refractivity contribution in [1.29, 1.82) is 0 Å². The van der Waals surface area contributed by atoms with Gasteiger partial charge in [0.1, 0.15) is 5.75 Å². The van der Waals surface area contributed by atoms with E-state index in [1.165, 1.54) is 32.4 Å². The van der Waals surface area contributed by atoms with Crippen LogP contribution in [-0.2, 0) is 4.79 Å². The van der Waals surface area contributed by atoms with Crippen LogP contribution in [0.1, 0.15) is 46.0 Å². The van der Waals surface area contributed by atoms with Crippen molar-refractivity contribution in [3.8, 4) is 17.0 Å². The van der Waals surface area contributed by atoms with Crippen LogP contribution in [0.2, 0.25) is 0 Å². The number of aromatic nitrogens is 2. The fourth-order valence-corrected chi connectivity index (χ4v) is 4.78. The molecule has 7 nitrogen and oxygen atoms in total. The number of hydrogen-bond acceptors (Lipinski definition) is 6. The normalized spacial score (nSPS) is 14.1. The fourth-order valence-electron chi connectivity index (χ4n) is 4.78. The van der Waals surface area contributed by atoms with Crippen LogP contribution in [-0.4, -0.2) is 71.6 Å². The van der Waals surface area contributed by atoms with Gasteiger partial charge >= 0.3 is 0 Å². The molecule has 0 aliphatic carbocycles. The van der Waals surface area contributed by atoms with E-state index in [2.05, 4.69) is 21.3 Å². The number of rotatable bonds is 12. The molecule has 1 aromatic carbocycles. The lowest BCUT2D eigenvalue weighted by Crippen LogP contribution is -2.31. The van der Waals surface area contributed by atoms with Gasteiger partial charge in [-0.15, -0.1) is 0 Å². The van der Waals surface area contributed by atoms with Gasteiger partial charge in [-0.3, -0.25) is 9.78 Å². The van der Waals surface area contributed by atoms with E-state index in [9.17, 15) is 4.79 Å². The molecule has 0 saturated carbocycles. The van der Waals surface area contributed by atoms with Crippen molar-refractivity contribution in [2.75, 3.05) is 51.2 Å². The van der Waals surface area contributed by atoms with Crippen molar-refractivity contribution >= 4 is 22.5 Å². The van der Waals surface area contributed by atoms with E-state index in [-0.39, 0.29) is 5.91 Å². The van der Waals surface area contributed by atoms with Gasteiger partial charge in [0.15, 0.2) is 0 Å². The molecule has 0 bridgehead atoms. The molecule has 3 heterocycles. The number of carbonyl (C=O) groups excluding carboxylic acids is 1. The Morgan fingerprint density at radius 1 is 1.08 bits per heavy atom. The molecule has 3 aromatic rings. The molecule has 2 aromatic heterocycles. The molecule has 1 aliphatic heterocycles. The maximum Gasteiger partial charge on any atom is 0.225 e. The van der Waals surface area contributed by atoms with Crippen LogP contribution in [0.4, 0.5) is 5.69 Å². The van der Waals surface area contributed by atoms with E-state index in [1.807, 2.05) is 55.3 Å². The van der Waals surface area contributed by atoms with Crippen LogP contribution < -0.4 is 10.1 Å². The molecule has 1 fully saturated rings. The third-order valence-electron chi connectivity index (χ3n) is 6.88. The van der Waals surface area contributed by atoms with Crippen molar-refractivity contribution in [1.82, 2.24) is 19.8 Å². The third kappa shape index (κ3) is 6.94. The van der Waals surface area contributed by atoms with Gasteiger partial charge in [0.2, 0.25) is 5.91 Å². The number of amides is 1. The molecule has 36 heavy (non-hydrogen) atoms. The first-order valence-corrected chi connectivity index (χ1v) is 13.4. The quantitative estimate of drug-likeness (QED) is 0.352. The summed E-state index contributed by atoms with van der Waals surface area (Å²) in [4.78, 5) is 25.8. The summed E-state index contributed by atoms with van der Waals surface area (Å²) in [6.07, 6.45) is 9.20. The van der Waals surface area contributed by atoms with Gasteiger partial charge in [-0.25, -0.2) is 4.98 Å². The van der Waals surface area contributed by atoms with E-state index in [0.717, 1.165) is 66.2 Å². The Labute approximate surface area is 214 Å². The molecule has 4 rings (SSSR count). The first-order chi connectivity index (χ1) is 17.7. The predicted molar refractivity (Wildman–Crippen MR) is 146 cm³/mol. The second-order valence-corrected chi connectivity index (χ2v) is 9.32. The Morgan fingerprint density at radius 3 is 2.61 bits per heavy atom. The summed E-state index contributed by atoms with van der Waals surface area (Å²) >= 11 is 0. The van der Waals surface area contributed by atoms with E-state index < -0.39 is 0 Å². The largest absolute Gasteiger partial charge is 0.493 e. The van der Waals surface area contributed by atoms with Crippen LogP contribution in [0.25, 0.3) is 22.2 Å². The van der Waals surface area contributed by atoms with Gasteiger partial charge in [-0.1, -0.05) is 6.42 Å². The maximum atomic E-state index is 12.2. The van der Waals surface area contributed by atoms with Crippen LogP contribution >= 0.6 is 0 Å². The number of benzene rings is 1. The Balaban J connectivity index is 1.38. The minimum absolute atomic E-state index is 0.127. The van der Waals surface area contributed by atoms with Gasteiger partial charge in [-0.05, 0) is 89.1 Å². The predicted octanol–water partition coefficient (Wildman–Crippen LogP) is 5.22. The lowest BCUT2D eigenvalue weighted by Gasteiger charge is -2.26. The molecule has 1 saturated heterocycles. The number of hydrogen-bond donors (Lipinski definition) is 1. The smallest absolute Gasteiger partial charge is 0.225 e. The molecule has 1 amide bonds. The number of pyridine rings is 2. The zero-order valence-electron chi connectivity index (χ0n) is 21.7. The molecule has 0 spiro atoms. The number of nitrogens with one attached hydrogen (secondary N) is 1. The van der Waals surface area contributed by atoms with Crippen molar-refractivity contribution in [2.24, 2.45) is 0 Å². The molecule has 0 atom stereocenters. The van der Waals surface area contributed by atoms with Crippen LogP contribution in [0.5, 0.6) is 5.75 Å². The van der Waals surface area contributed by atoms with E-state index in [1.54, 1.807) is 6.20 Å². The first-order valence-electron chi connectivity index (χ1n) is 13.4. The lowest BCUT2D eigenvalue weighted by molar-refractivity contribution is -0.131. The number of likely N-dealkylation sites (tertiary alicyclic amines) is 1. The van der Waals surface area contributed by atoms with Gasteiger partial charge in [0, 0.05) is 48.7 Å². The summed E-state index contributed by atoms with van der Waals surface area (Å²) in [6, 6.07) is 12.0. The highest BCUT2D eigenvalue weighted by molar-refractivity contribution is 5.93. The molecular formula is C29H39N5O2. The summed E-state index contributed by atoms with van der Waals surface area (Å²) in [7, 11) is 0. The van der Waals surface area contributed by atoms with Gasteiger partial charge in [-0.2, -0.15) is 0 Å². The Morgan fingerprint density at radius 2 is 1.86 bits per heavy atom. The third-order valence-corrected chi connectivity index (χ3v) is 6.88. The molecule has 192 valence electrons. The minimum atomic E-state index is 0.127. The van der Waals surface area contributed by atoms with Crippen molar-refractivity contribution in [2.45, 2.75) is 46.0 Å². The van der Waals surface area contributed by atoms with E-state index in [0.29, 0.717) is 13.0 Å². The van der Waals surface area contributed by atoms with Crippen molar-refractivity contribution in [3.63, 3.8) is 0 Å². The number of fused-ring (bicyclic) bond motifs is 1. The Kier molecular flexibility index (Phi) is 9.50. The van der Waals surface area contributed by atoms with Gasteiger partial charge < -0.3 is 19.9 Å². The second kappa shape index (κ2) is 13.2. The van der Waals surface area contributed by atoms with Crippen LogP contribution in [0.3, 0.4) is 0 Å². The van der Waals surface area contributed by atoms with Gasteiger partial charge in [0.25, 0.3) is 0 Å². The second-order valence-electron chi connectivity index (χ2n) is 9.32. The highest BCUT2D eigenvalue weighted by Crippen LogP contribution is 2.29. The summed E-state index contributed by atoms with van der Waals surface area (Å²) < 4.78 is 5.82. The monoisotopic (exact) mass is 489 g/mol. The zero-order chi connectivity index (χ0) is 25.2. The number of piperidine rings is 1. The standard InChI is InChI=1S/C29H39N5O2/c1-3-34(4-2)29(35)14-20-36-24-11-9-23(10-12-24)27-21-28(25-22-30-16-13-26(25)32-27)31-15-8-19-33-17-6-5-7-18-33/h9-13,16,21-22H,3-8,14-15,17-20H2,1-2H3,(H,31,32). The maximum absolute atomic E-state index is 12.2. The number of carbonyl (C=O) groups is 1. The van der Waals surface area contributed by atoms with Crippen molar-refractivity contribution in [3.05, 3.63) is 48.8 Å². The summed E-state index contributed by atoms with van der Waals surface area (Å²) in [5, 5.41) is 4.68. The molecule has 0 radical (unpaired) electrons. The van der Waals surface area contributed by atoms with Gasteiger partial charge in [0.05, 0.1) is 24.2 Å². The summed E-state index contributed by atoms with van der Waals surface area (Å²) in [6.45, 7) is 10.4. The van der Waals surface area contributed by atoms with E-state index in [4.69, 9.17) is 9.72 Å². The summed E-state index contributed by atoms with van der Waals surface area (Å²) in [5.41, 5.74) is 3.93. The molecule has 1 aliphatic rings. The topological polar surface area (TPSA) is 70.6 Å². The Hall–Kier alpha value is -3.19. The summed E-state index contributed by atoms with van der Waals surface area (Å²) in [5.74, 6) is 0.884. The molecule has 0 unspecified atom stereocenters. The highest BCUT2D eigenvalue weighted by Gasteiger charge is 2.12. The van der Waals surface area contributed by atoms with E-state index >= 15 is 0 Å². The van der Waals surface area contributed by atoms with Crippen LogP contribution in [0, 0.1) is 0 Å². The SMILES string of the molecule is CCN(CC)C(=O)CCOc1ccc(-c2cc(NCCCN3CCCCC3)c3cnccc3n2)cc1. The Bertz CT molecular complexity index is 1110. The molecule has 1 N–H and O–H groups in total. The van der Waals surface area contributed by atoms with Crippen LogP contribution in [0.15, 0.2) is 48.8 Å². The number of ether oxygens (including phenoxy) is 1. The zero-order valence-corrected chi connectivity index (χ0v) is 21.7. The number of nitrogens with zero attached hydrogens (tertiary/aromatic N) is 4. The first kappa shape index (κ1) is 25.9. The average Bonchev–Trinajstić information content (AvgIpc) is 2.92. The highest BCUT2D eigenvalue weighted by atomic mass is 16.5.